The molecule has 0 aromatic heterocycles. The van der Waals surface area contributed by atoms with Crippen molar-refractivity contribution in [1.82, 2.24) is 9.80 Å². The van der Waals surface area contributed by atoms with Crippen LogP contribution in [0.5, 0.6) is 0 Å². The summed E-state index contributed by atoms with van der Waals surface area (Å²) in [5.74, 6) is 1.87. The number of amides is 1. The standard InChI is InChI=1S/C7H15N.C5H12N2.2C4H9NO/c1-6(8-5)7(2,3)4;1-5(6-2)7(3)4;1-4(5-2)6-3;1-4(6)5(2)3/h1-5H3;1-4H3;2*1-3H3. The first-order valence-electron chi connectivity index (χ1n) is 8.82. The van der Waals surface area contributed by atoms with E-state index in [0.717, 1.165) is 11.7 Å². The third-order valence-electron chi connectivity index (χ3n) is 3.63. The van der Waals surface area contributed by atoms with Crippen molar-refractivity contribution in [3.63, 3.8) is 0 Å². The van der Waals surface area contributed by atoms with Crippen molar-refractivity contribution in [1.29, 1.82) is 0 Å². The van der Waals surface area contributed by atoms with Gasteiger partial charge in [-0.15, -0.1) is 0 Å². The van der Waals surface area contributed by atoms with Crippen molar-refractivity contribution in [2.75, 3.05) is 56.4 Å². The number of carbonyl (C=O) groups is 1. The minimum atomic E-state index is 0.0926. The van der Waals surface area contributed by atoms with Gasteiger partial charge >= 0.3 is 0 Å². The first-order valence-corrected chi connectivity index (χ1v) is 8.82. The molecule has 0 heterocycles. The molecule has 0 N–H and O–H groups in total. The van der Waals surface area contributed by atoms with Gasteiger partial charge in [-0.2, -0.15) is 0 Å². The molecule has 0 aliphatic carbocycles. The van der Waals surface area contributed by atoms with Gasteiger partial charge in [-0.05, 0) is 19.3 Å². The van der Waals surface area contributed by atoms with Crippen LogP contribution in [0, 0.1) is 5.41 Å². The van der Waals surface area contributed by atoms with Gasteiger partial charge in [0, 0.05) is 68.9 Å². The largest absolute Gasteiger partial charge is 0.485 e. The molecule has 0 unspecified atom stereocenters. The zero-order valence-electron chi connectivity index (χ0n) is 20.6. The molecular weight excluding hydrogens is 342 g/mol. The van der Waals surface area contributed by atoms with Crippen LogP contribution >= 0.6 is 0 Å². The summed E-state index contributed by atoms with van der Waals surface area (Å²) in [7, 11) is 14.3. The number of hydrogen-bond donors (Lipinski definition) is 0. The van der Waals surface area contributed by atoms with Crippen molar-refractivity contribution in [3.8, 4) is 0 Å². The molecule has 0 saturated heterocycles. The van der Waals surface area contributed by atoms with Gasteiger partial charge in [0.1, 0.15) is 0 Å². The van der Waals surface area contributed by atoms with Crippen molar-refractivity contribution in [2.45, 2.75) is 48.5 Å². The molecule has 0 aromatic rings. The molecule has 0 atom stereocenters. The molecule has 27 heavy (non-hydrogen) atoms. The third kappa shape index (κ3) is 29.1. The van der Waals surface area contributed by atoms with Crippen molar-refractivity contribution < 1.29 is 9.53 Å². The summed E-state index contributed by atoms with van der Waals surface area (Å²) in [6, 6.07) is 0. The fourth-order valence-electron chi connectivity index (χ4n) is 0.627. The molecule has 7 heteroatoms. The Morgan fingerprint density at radius 2 is 1.15 bits per heavy atom. The summed E-state index contributed by atoms with van der Waals surface area (Å²) < 4.78 is 4.65. The Morgan fingerprint density at radius 3 is 1.15 bits per heavy atom. The van der Waals surface area contributed by atoms with E-state index in [1.54, 1.807) is 42.2 Å². The Morgan fingerprint density at radius 1 is 0.778 bits per heavy atom. The maximum atomic E-state index is 10.1. The van der Waals surface area contributed by atoms with Crippen LogP contribution in [0.15, 0.2) is 15.0 Å². The van der Waals surface area contributed by atoms with E-state index in [0.29, 0.717) is 0 Å². The van der Waals surface area contributed by atoms with E-state index < -0.39 is 0 Å². The smallest absolute Gasteiger partial charge is 0.218 e. The fourth-order valence-corrected chi connectivity index (χ4v) is 0.627. The van der Waals surface area contributed by atoms with E-state index in [9.17, 15) is 4.79 Å². The summed E-state index contributed by atoms with van der Waals surface area (Å²) in [6.45, 7) is 13.8. The monoisotopic (exact) mass is 387 g/mol. The maximum Gasteiger partial charge on any atom is 0.218 e. The Bertz CT molecular complexity index is 459. The van der Waals surface area contributed by atoms with Crippen LogP contribution in [-0.2, 0) is 9.53 Å². The van der Waals surface area contributed by atoms with E-state index in [2.05, 4.69) is 47.4 Å². The van der Waals surface area contributed by atoms with Crippen LogP contribution in [0.3, 0.4) is 0 Å². The number of amidine groups is 1. The van der Waals surface area contributed by atoms with Gasteiger partial charge < -0.3 is 14.5 Å². The molecule has 0 bridgehead atoms. The highest BCUT2D eigenvalue weighted by Gasteiger charge is 2.12. The summed E-state index contributed by atoms with van der Waals surface area (Å²) in [4.78, 5) is 25.3. The Kier molecular flexibility index (Phi) is 22.9. The molecule has 0 rings (SSSR count). The number of carbonyl (C=O) groups excluding carboxylic acids is 1. The average molecular weight is 388 g/mol. The van der Waals surface area contributed by atoms with Crippen molar-refractivity contribution in [3.05, 3.63) is 0 Å². The lowest BCUT2D eigenvalue weighted by atomic mass is 9.91. The molecule has 0 radical (unpaired) electrons. The van der Waals surface area contributed by atoms with E-state index in [-0.39, 0.29) is 11.3 Å². The number of methoxy groups -OCH3 is 1. The van der Waals surface area contributed by atoms with Gasteiger partial charge in [0.05, 0.1) is 12.9 Å². The summed E-state index contributed by atoms with van der Waals surface area (Å²) in [5, 5.41) is 0. The van der Waals surface area contributed by atoms with E-state index in [4.69, 9.17) is 0 Å². The number of aliphatic imine (C=N–C) groups is 3. The molecule has 0 spiro atoms. The van der Waals surface area contributed by atoms with Crippen molar-refractivity contribution in [2.24, 2.45) is 20.4 Å². The van der Waals surface area contributed by atoms with Gasteiger partial charge in [-0.25, -0.2) is 0 Å². The number of rotatable bonds is 0. The predicted molar refractivity (Wildman–Crippen MR) is 122 cm³/mol. The molecule has 7 nitrogen and oxygen atoms in total. The second kappa shape index (κ2) is 18.9. The van der Waals surface area contributed by atoms with Crippen LogP contribution < -0.4 is 0 Å². The van der Waals surface area contributed by atoms with E-state index in [1.807, 2.05) is 33.0 Å². The zero-order valence-corrected chi connectivity index (χ0v) is 20.6. The number of nitrogens with zero attached hydrogens (tertiary/aromatic N) is 5. The average Bonchev–Trinajstić information content (AvgIpc) is 2.59. The predicted octanol–water partition coefficient (Wildman–Crippen LogP) is 3.49. The molecule has 0 aromatic carbocycles. The molecule has 0 fully saturated rings. The van der Waals surface area contributed by atoms with Gasteiger partial charge in [-0.1, -0.05) is 20.8 Å². The van der Waals surface area contributed by atoms with E-state index >= 15 is 0 Å². The molecular formula is C20H45N5O2. The van der Waals surface area contributed by atoms with Gasteiger partial charge in [0.2, 0.25) is 5.91 Å². The lowest BCUT2D eigenvalue weighted by Gasteiger charge is -2.16. The Hall–Kier alpha value is -1.92. The number of ether oxygens (including phenoxy) is 1. The minimum Gasteiger partial charge on any atom is -0.485 e. The van der Waals surface area contributed by atoms with Crippen LogP contribution in [0.25, 0.3) is 0 Å². The Labute approximate surface area is 168 Å². The van der Waals surface area contributed by atoms with Gasteiger partial charge in [0.25, 0.3) is 0 Å². The van der Waals surface area contributed by atoms with Gasteiger partial charge in [-0.3, -0.25) is 19.8 Å². The summed E-state index contributed by atoms with van der Waals surface area (Å²) in [5.41, 5.74) is 1.46. The first-order chi connectivity index (χ1) is 12.1. The molecule has 1 amide bonds. The normalized spacial score (nSPS) is 11.6. The van der Waals surface area contributed by atoms with Crippen molar-refractivity contribution >= 4 is 23.4 Å². The Balaban J connectivity index is -0.000000132. The van der Waals surface area contributed by atoms with Crippen LogP contribution in [-0.4, -0.2) is 89.6 Å². The highest BCUT2D eigenvalue weighted by molar-refractivity contribution is 5.86. The highest BCUT2D eigenvalue weighted by atomic mass is 16.5. The third-order valence-corrected chi connectivity index (χ3v) is 3.63. The molecule has 0 aliphatic heterocycles. The van der Waals surface area contributed by atoms with E-state index in [1.165, 1.54) is 17.5 Å². The van der Waals surface area contributed by atoms with Gasteiger partial charge in [0.15, 0.2) is 5.90 Å². The lowest BCUT2D eigenvalue weighted by Crippen LogP contribution is -2.17. The second-order valence-electron chi connectivity index (χ2n) is 7.08. The van der Waals surface area contributed by atoms with Crippen LogP contribution in [0.1, 0.15) is 48.5 Å². The maximum absolute atomic E-state index is 10.1. The highest BCUT2D eigenvalue weighted by Crippen LogP contribution is 2.14. The zero-order chi connectivity index (χ0) is 22.8. The first kappa shape index (κ1) is 32.7. The lowest BCUT2D eigenvalue weighted by molar-refractivity contribution is -0.126. The second-order valence-corrected chi connectivity index (χ2v) is 7.08. The SMILES string of the molecule is CC(=O)N(C)C.CN=C(C)C(C)(C)C.CN=C(C)N(C)C.CN=C(C)OC. The fraction of sp³-hybridized carbons (Fsp3) is 0.800. The van der Waals surface area contributed by atoms with Crippen LogP contribution in [0.2, 0.25) is 0 Å². The molecule has 0 saturated carbocycles. The minimum absolute atomic E-state index is 0.0926. The quantitative estimate of drug-likeness (QED) is 0.472. The topological polar surface area (TPSA) is 69.9 Å². The number of hydrogen-bond acceptors (Lipinski definition) is 5. The summed E-state index contributed by atoms with van der Waals surface area (Å²) >= 11 is 0. The van der Waals surface area contributed by atoms with Crippen LogP contribution in [0.4, 0.5) is 0 Å². The summed E-state index contributed by atoms with van der Waals surface area (Å²) in [6.07, 6.45) is 0. The molecule has 162 valence electrons. The molecule has 0 aliphatic rings.